The quantitative estimate of drug-likeness (QED) is 0.867. The van der Waals surface area contributed by atoms with E-state index in [0.717, 1.165) is 12.2 Å². The highest BCUT2D eigenvalue weighted by atomic mass is 32.2. The summed E-state index contributed by atoms with van der Waals surface area (Å²) in [6, 6.07) is 4.90. The van der Waals surface area contributed by atoms with E-state index in [0.29, 0.717) is 36.8 Å². The molecule has 1 amide bonds. The van der Waals surface area contributed by atoms with Crippen molar-refractivity contribution < 1.29 is 14.3 Å². The van der Waals surface area contributed by atoms with Crippen LogP contribution in [0, 0.1) is 0 Å². The van der Waals surface area contributed by atoms with Gasteiger partial charge in [-0.05, 0) is 30.6 Å². The average Bonchev–Trinajstić information content (AvgIpc) is 2.69. The lowest BCUT2D eigenvalue weighted by Crippen LogP contribution is -2.36. The summed E-state index contributed by atoms with van der Waals surface area (Å²) in [7, 11) is 0. The predicted octanol–water partition coefficient (Wildman–Crippen LogP) is 1.87. The Bertz CT molecular complexity index is 468. The van der Waals surface area contributed by atoms with Gasteiger partial charge in [-0.15, -0.1) is 0 Å². The smallest absolute Gasteiger partial charge is 0.241 e. The van der Waals surface area contributed by atoms with E-state index in [1.807, 2.05) is 12.3 Å². The van der Waals surface area contributed by atoms with Crippen LogP contribution in [0.25, 0.3) is 0 Å². The highest BCUT2D eigenvalue weighted by molar-refractivity contribution is 7.98. The Hall–Kier alpha value is -1.40. The van der Waals surface area contributed by atoms with Crippen molar-refractivity contribution in [2.75, 3.05) is 30.5 Å². The first-order valence-corrected chi connectivity index (χ1v) is 8.05. The van der Waals surface area contributed by atoms with Crippen LogP contribution in [0.2, 0.25) is 0 Å². The van der Waals surface area contributed by atoms with Crippen molar-refractivity contribution in [3.63, 3.8) is 0 Å². The number of benzene rings is 1. The van der Waals surface area contributed by atoms with E-state index in [1.54, 1.807) is 23.9 Å². The van der Waals surface area contributed by atoms with Crippen LogP contribution in [0.1, 0.15) is 12.8 Å². The van der Waals surface area contributed by atoms with Gasteiger partial charge in [-0.2, -0.15) is 11.8 Å². The molecular weight excluding hydrogens is 276 g/mol. The molecule has 0 saturated heterocycles. The van der Waals surface area contributed by atoms with Gasteiger partial charge in [-0.25, -0.2) is 0 Å². The summed E-state index contributed by atoms with van der Waals surface area (Å²) in [5.41, 5.74) is 6.51. The highest BCUT2D eigenvalue weighted by Crippen LogP contribution is 2.32. The van der Waals surface area contributed by atoms with Crippen molar-refractivity contribution in [1.29, 1.82) is 0 Å². The van der Waals surface area contributed by atoms with Crippen LogP contribution in [-0.4, -0.2) is 37.2 Å². The molecule has 1 aromatic carbocycles. The van der Waals surface area contributed by atoms with Crippen LogP contribution in [0.15, 0.2) is 18.2 Å². The summed E-state index contributed by atoms with van der Waals surface area (Å²) in [5.74, 6) is 2.08. The lowest BCUT2D eigenvalue weighted by atomic mass is 10.2. The molecule has 1 aromatic rings. The normalized spacial score (nSPS) is 15.3. The minimum Gasteiger partial charge on any atom is -0.490 e. The lowest BCUT2D eigenvalue weighted by molar-refractivity contribution is -0.117. The van der Waals surface area contributed by atoms with Crippen LogP contribution in [0.3, 0.4) is 0 Å². The van der Waals surface area contributed by atoms with Crippen LogP contribution < -0.4 is 20.5 Å². The topological polar surface area (TPSA) is 73.6 Å². The fourth-order valence-electron chi connectivity index (χ4n) is 1.85. The minimum absolute atomic E-state index is 0.173. The van der Waals surface area contributed by atoms with Gasteiger partial charge in [-0.1, -0.05) is 0 Å². The molecule has 3 N–H and O–H groups in total. The van der Waals surface area contributed by atoms with Crippen LogP contribution in [0.5, 0.6) is 11.5 Å². The molecule has 0 spiro atoms. The van der Waals surface area contributed by atoms with Gasteiger partial charge >= 0.3 is 0 Å². The largest absolute Gasteiger partial charge is 0.490 e. The van der Waals surface area contributed by atoms with Crippen molar-refractivity contribution in [2.45, 2.75) is 18.9 Å². The van der Waals surface area contributed by atoms with Gasteiger partial charge in [0.25, 0.3) is 0 Å². The summed E-state index contributed by atoms with van der Waals surface area (Å²) < 4.78 is 11.1. The molecule has 110 valence electrons. The molecule has 1 atom stereocenters. The molecule has 0 unspecified atom stereocenters. The Morgan fingerprint density at radius 3 is 2.90 bits per heavy atom. The molecular formula is C14H20N2O3S. The maximum Gasteiger partial charge on any atom is 0.241 e. The van der Waals surface area contributed by atoms with E-state index in [1.165, 1.54) is 0 Å². The third kappa shape index (κ3) is 4.05. The summed E-state index contributed by atoms with van der Waals surface area (Å²) in [6.45, 7) is 1.27. The van der Waals surface area contributed by atoms with E-state index >= 15 is 0 Å². The first kappa shape index (κ1) is 15.0. The molecule has 1 heterocycles. The number of carbonyl (C=O) groups is 1. The zero-order valence-electron chi connectivity index (χ0n) is 11.6. The van der Waals surface area contributed by atoms with E-state index in [2.05, 4.69) is 5.32 Å². The van der Waals surface area contributed by atoms with Crippen molar-refractivity contribution >= 4 is 23.4 Å². The number of hydrogen-bond donors (Lipinski definition) is 2. The standard InChI is InChI=1S/C14H20N2O3S/c1-20-8-5-11(15)14(17)16-10-3-4-12-13(9-10)19-7-2-6-18-12/h3-4,9,11H,2,5-8,15H2,1H3,(H,16,17)/t11-/m1/s1. The molecule has 0 saturated carbocycles. The number of ether oxygens (including phenoxy) is 2. The number of amides is 1. The molecule has 5 nitrogen and oxygen atoms in total. The van der Waals surface area contributed by atoms with Gasteiger partial charge < -0.3 is 20.5 Å². The molecule has 0 bridgehead atoms. The second kappa shape index (κ2) is 7.40. The molecule has 2 rings (SSSR count). The number of carbonyl (C=O) groups excluding carboxylic acids is 1. The second-order valence-corrected chi connectivity index (χ2v) is 5.57. The number of rotatable bonds is 5. The third-order valence-corrected chi connectivity index (χ3v) is 3.63. The molecule has 0 fully saturated rings. The maximum absolute atomic E-state index is 11.9. The molecule has 1 aliphatic heterocycles. The highest BCUT2D eigenvalue weighted by Gasteiger charge is 2.15. The van der Waals surface area contributed by atoms with Gasteiger partial charge in [0.1, 0.15) is 0 Å². The second-order valence-electron chi connectivity index (χ2n) is 4.59. The Morgan fingerprint density at radius 1 is 1.40 bits per heavy atom. The van der Waals surface area contributed by atoms with Crippen LogP contribution in [-0.2, 0) is 4.79 Å². The Balaban J connectivity index is 1.99. The van der Waals surface area contributed by atoms with E-state index in [9.17, 15) is 4.79 Å². The van der Waals surface area contributed by atoms with E-state index in [4.69, 9.17) is 15.2 Å². The molecule has 0 aromatic heterocycles. The monoisotopic (exact) mass is 296 g/mol. The van der Waals surface area contributed by atoms with Crippen LogP contribution in [0.4, 0.5) is 5.69 Å². The van der Waals surface area contributed by atoms with Crippen molar-refractivity contribution in [3.8, 4) is 11.5 Å². The minimum atomic E-state index is -0.488. The summed E-state index contributed by atoms with van der Waals surface area (Å²) in [4.78, 5) is 11.9. The van der Waals surface area contributed by atoms with Gasteiger partial charge in [0.2, 0.25) is 5.91 Å². The van der Waals surface area contributed by atoms with Crippen LogP contribution >= 0.6 is 11.8 Å². The van der Waals surface area contributed by atoms with Crippen molar-refractivity contribution in [3.05, 3.63) is 18.2 Å². The van der Waals surface area contributed by atoms with E-state index in [-0.39, 0.29) is 5.91 Å². The fourth-order valence-corrected chi connectivity index (χ4v) is 2.34. The number of nitrogens with two attached hydrogens (primary N) is 1. The SMILES string of the molecule is CSCC[C@@H](N)C(=O)Nc1ccc2c(c1)OCCCO2. The number of fused-ring (bicyclic) bond motifs is 1. The number of nitrogens with one attached hydrogen (secondary N) is 1. The van der Waals surface area contributed by atoms with Gasteiger partial charge in [0.15, 0.2) is 11.5 Å². The summed E-state index contributed by atoms with van der Waals surface area (Å²) in [6.07, 6.45) is 3.52. The molecule has 20 heavy (non-hydrogen) atoms. The number of hydrogen-bond acceptors (Lipinski definition) is 5. The van der Waals surface area contributed by atoms with Gasteiger partial charge in [0, 0.05) is 18.2 Å². The first-order valence-electron chi connectivity index (χ1n) is 6.65. The fraction of sp³-hybridized carbons (Fsp3) is 0.500. The Morgan fingerprint density at radius 2 is 2.15 bits per heavy atom. The number of anilines is 1. The molecule has 1 aliphatic rings. The molecule has 6 heteroatoms. The number of thioether (sulfide) groups is 1. The molecule has 0 aliphatic carbocycles. The third-order valence-electron chi connectivity index (χ3n) is 2.98. The van der Waals surface area contributed by atoms with E-state index < -0.39 is 6.04 Å². The molecule has 0 radical (unpaired) electrons. The Labute approximate surface area is 123 Å². The maximum atomic E-state index is 11.9. The zero-order chi connectivity index (χ0) is 14.4. The summed E-state index contributed by atoms with van der Waals surface area (Å²) in [5, 5.41) is 2.81. The van der Waals surface area contributed by atoms with Gasteiger partial charge in [-0.3, -0.25) is 4.79 Å². The zero-order valence-corrected chi connectivity index (χ0v) is 12.4. The Kier molecular flexibility index (Phi) is 5.55. The predicted molar refractivity (Wildman–Crippen MR) is 81.7 cm³/mol. The first-order chi connectivity index (χ1) is 9.70. The lowest BCUT2D eigenvalue weighted by Gasteiger charge is -2.13. The van der Waals surface area contributed by atoms with Crippen molar-refractivity contribution in [2.24, 2.45) is 5.73 Å². The van der Waals surface area contributed by atoms with Gasteiger partial charge in [0.05, 0.1) is 19.3 Å². The summed E-state index contributed by atoms with van der Waals surface area (Å²) >= 11 is 1.68. The average molecular weight is 296 g/mol. The van der Waals surface area contributed by atoms with Crippen molar-refractivity contribution in [1.82, 2.24) is 0 Å².